The van der Waals surface area contributed by atoms with Crippen molar-refractivity contribution >= 4 is 29.1 Å². The molecule has 0 radical (unpaired) electrons. The summed E-state index contributed by atoms with van der Waals surface area (Å²) in [6.45, 7) is 8.89. The molecule has 0 bridgehead atoms. The van der Waals surface area contributed by atoms with E-state index in [9.17, 15) is 0 Å². The van der Waals surface area contributed by atoms with Crippen LogP contribution in [-0.2, 0) is 0 Å². The van der Waals surface area contributed by atoms with E-state index in [1.165, 1.54) is 12.4 Å². The van der Waals surface area contributed by atoms with Crippen LogP contribution in [0.1, 0.15) is 51.7 Å². The Morgan fingerprint density at radius 2 is 1.85 bits per heavy atom. The van der Waals surface area contributed by atoms with Crippen LogP contribution in [-0.4, -0.2) is 23.0 Å². The Bertz CT molecular complexity index is 743. The molecule has 1 heterocycles. The van der Waals surface area contributed by atoms with Gasteiger partial charge in [0.15, 0.2) is 0 Å². The minimum Gasteiger partial charge on any atom is -0.404 e. The molecule has 0 amide bonds. The number of nitrogens with two attached hydrogens (primary N) is 1. The SMILES string of the molecule is CC1(C)CC(/C=C\C(=N)c2ccc(/C(C=N)=C/N)cc2Cl)CC(C)(C)N1. The summed E-state index contributed by atoms with van der Waals surface area (Å²) in [5.41, 5.74) is 8.12. The van der Waals surface area contributed by atoms with Gasteiger partial charge < -0.3 is 21.9 Å². The Morgan fingerprint density at radius 3 is 2.35 bits per heavy atom. The van der Waals surface area contributed by atoms with E-state index in [1.807, 2.05) is 18.2 Å². The highest BCUT2D eigenvalue weighted by Crippen LogP contribution is 2.33. The van der Waals surface area contributed by atoms with Crippen molar-refractivity contribution in [2.75, 3.05) is 0 Å². The number of hydrogen-bond acceptors (Lipinski definition) is 4. The van der Waals surface area contributed by atoms with Crippen LogP contribution in [0.5, 0.6) is 0 Å². The van der Waals surface area contributed by atoms with Crippen molar-refractivity contribution in [3.63, 3.8) is 0 Å². The first-order valence-electron chi connectivity index (χ1n) is 8.86. The minimum atomic E-state index is 0.0793. The first-order chi connectivity index (χ1) is 12.1. The fraction of sp³-hybridized carbons (Fsp3) is 0.429. The average Bonchev–Trinajstić information content (AvgIpc) is 2.51. The molecule has 2 rings (SSSR count). The van der Waals surface area contributed by atoms with Gasteiger partial charge in [0.05, 0.1) is 10.7 Å². The third kappa shape index (κ3) is 5.05. The summed E-state index contributed by atoms with van der Waals surface area (Å²) >= 11 is 6.37. The number of rotatable bonds is 5. The van der Waals surface area contributed by atoms with Crippen LogP contribution >= 0.6 is 11.6 Å². The molecular weight excluding hydrogens is 344 g/mol. The molecule has 5 heteroatoms. The second-order valence-corrected chi connectivity index (χ2v) is 8.70. The third-order valence-corrected chi connectivity index (χ3v) is 5.00. The van der Waals surface area contributed by atoms with Crippen molar-refractivity contribution < 1.29 is 0 Å². The predicted molar refractivity (Wildman–Crippen MR) is 112 cm³/mol. The second-order valence-electron chi connectivity index (χ2n) is 8.29. The predicted octanol–water partition coefficient (Wildman–Crippen LogP) is 4.77. The number of allylic oxidation sites excluding steroid dienone is 3. The highest BCUT2D eigenvalue weighted by atomic mass is 35.5. The molecule has 1 aromatic carbocycles. The van der Waals surface area contributed by atoms with Gasteiger partial charge in [0.1, 0.15) is 0 Å². The number of piperidine rings is 1. The van der Waals surface area contributed by atoms with E-state index in [1.54, 1.807) is 6.07 Å². The van der Waals surface area contributed by atoms with Crippen LogP contribution in [0.4, 0.5) is 0 Å². The molecule has 1 aromatic rings. The summed E-state index contributed by atoms with van der Waals surface area (Å²) in [7, 11) is 0. The van der Waals surface area contributed by atoms with Gasteiger partial charge in [-0.25, -0.2) is 0 Å². The van der Waals surface area contributed by atoms with E-state index in [4.69, 9.17) is 28.2 Å². The van der Waals surface area contributed by atoms with Gasteiger partial charge in [-0.3, -0.25) is 0 Å². The molecule has 1 aliphatic heterocycles. The van der Waals surface area contributed by atoms with Crippen molar-refractivity contribution in [3.8, 4) is 0 Å². The third-order valence-electron chi connectivity index (χ3n) is 4.68. The maximum atomic E-state index is 8.38. The normalized spacial score (nSPS) is 20.3. The minimum absolute atomic E-state index is 0.0793. The largest absolute Gasteiger partial charge is 0.404 e. The lowest BCUT2D eigenvalue weighted by Crippen LogP contribution is -2.57. The molecule has 0 spiro atoms. The smallest absolute Gasteiger partial charge is 0.0624 e. The van der Waals surface area contributed by atoms with Crippen LogP contribution in [0.2, 0.25) is 5.02 Å². The first-order valence-corrected chi connectivity index (χ1v) is 9.23. The molecule has 1 saturated heterocycles. The highest BCUT2D eigenvalue weighted by Gasteiger charge is 2.36. The molecule has 0 unspecified atom stereocenters. The Hall–Kier alpha value is -1.91. The van der Waals surface area contributed by atoms with Crippen LogP contribution in [0.3, 0.4) is 0 Å². The van der Waals surface area contributed by atoms with E-state index in [2.05, 4.69) is 39.1 Å². The van der Waals surface area contributed by atoms with Crippen LogP contribution < -0.4 is 11.1 Å². The summed E-state index contributed by atoms with van der Waals surface area (Å²) in [6, 6.07) is 5.40. The van der Waals surface area contributed by atoms with Gasteiger partial charge >= 0.3 is 0 Å². The zero-order valence-electron chi connectivity index (χ0n) is 16.0. The van der Waals surface area contributed by atoms with Crippen molar-refractivity contribution in [3.05, 3.63) is 52.7 Å². The van der Waals surface area contributed by atoms with E-state index in [0.29, 0.717) is 27.8 Å². The molecule has 140 valence electrons. The van der Waals surface area contributed by atoms with E-state index < -0.39 is 0 Å². The van der Waals surface area contributed by atoms with E-state index in [0.717, 1.165) is 18.4 Å². The van der Waals surface area contributed by atoms with Gasteiger partial charge in [-0.05, 0) is 64.2 Å². The Balaban J connectivity index is 2.17. The average molecular weight is 373 g/mol. The standard InChI is InChI=1S/C21H29ClN4/c1-20(2)10-14(11-21(3,4)26-20)5-8-19(25)17-7-6-15(9-18(17)22)16(12-23)13-24/h5-9,12-14,23,25-26H,10-11,24H2,1-4H3/b8-5-,16-13+,23-12?,25-19?. The summed E-state index contributed by atoms with van der Waals surface area (Å²) in [4.78, 5) is 0. The van der Waals surface area contributed by atoms with Gasteiger partial charge in [0, 0.05) is 34.6 Å². The molecule has 4 nitrogen and oxygen atoms in total. The maximum Gasteiger partial charge on any atom is 0.0624 e. The van der Waals surface area contributed by atoms with Gasteiger partial charge in [-0.1, -0.05) is 29.8 Å². The Morgan fingerprint density at radius 1 is 1.23 bits per heavy atom. The lowest BCUT2D eigenvalue weighted by Gasteiger charge is -2.45. The zero-order chi connectivity index (χ0) is 19.5. The highest BCUT2D eigenvalue weighted by molar-refractivity contribution is 6.35. The lowest BCUT2D eigenvalue weighted by atomic mass is 9.76. The number of halogens is 1. The summed E-state index contributed by atoms with van der Waals surface area (Å²) in [5.74, 6) is 0.421. The molecule has 26 heavy (non-hydrogen) atoms. The van der Waals surface area contributed by atoms with Crippen LogP contribution in [0.25, 0.3) is 5.57 Å². The zero-order valence-corrected chi connectivity index (χ0v) is 16.7. The number of hydrogen-bond donors (Lipinski definition) is 4. The Labute approximate surface area is 161 Å². The molecule has 1 fully saturated rings. The number of benzene rings is 1. The van der Waals surface area contributed by atoms with Crippen LogP contribution in [0, 0.1) is 16.7 Å². The number of nitrogens with one attached hydrogen (secondary N) is 3. The summed E-state index contributed by atoms with van der Waals surface area (Å²) < 4.78 is 0. The van der Waals surface area contributed by atoms with Crippen molar-refractivity contribution in [2.45, 2.75) is 51.6 Å². The van der Waals surface area contributed by atoms with E-state index >= 15 is 0 Å². The van der Waals surface area contributed by atoms with Crippen molar-refractivity contribution in [1.29, 1.82) is 10.8 Å². The van der Waals surface area contributed by atoms with Crippen molar-refractivity contribution in [2.24, 2.45) is 11.7 Å². The van der Waals surface area contributed by atoms with Gasteiger partial charge in [0.2, 0.25) is 0 Å². The monoisotopic (exact) mass is 372 g/mol. The quantitative estimate of drug-likeness (QED) is 0.561. The molecular formula is C21H29ClN4. The topological polar surface area (TPSA) is 85.8 Å². The summed E-state index contributed by atoms with van der Waals surface area (Å²) in [5, 5.41) is 19.9. The molecule has 0 saturated carbocycles. The fourth-order valence-electron chi connectivity index (χ4n) is 4.00. The summed E-state index contributed by atoms with van der Waals surface area (Å²) in [6.07, 6.45) is 8.65. The lowest BCUT2D eigenvalue weighted by molar-refractivity contribution is 0.150. The van der Waals surface area contributed by atoms with Crippen LogP contribution in [0.15, 0.2) is 36.6 Å². The molecule has 0 aliphatic carbocycles. The Kier molecular flexibility index (Phi) is 6.09. The molecule has 0 atom stereocenters. The second kappa shape index (κ2) is 7.77. The maximum absolute atomic E-state index is 8.38. The van der Waals surface area contributed by atoms with Gasteiger partial charge in [-0.15, -0.1) is 0 Å². The van der Waals surface area contributed by atoms with Gasteiger partial charge in [-0.2, -0.15) is 0 Å². The van der Waals surface area contributed by atoms with E-state index in [-0.39, 0.29) is 11.1 Å². The van der Waals surface area contributed by atoms with Gasteiger partial charge in [0.25, 0.3) is 0 Å². The van der Waals surface area contributed by atoms with Crippen molar-refractivity contribution in [1.82, 2.24) is 5.32 Å². The fourth-order valence-corrected chi connectivity index (χ4v) is 4.28. The first kappa shape index (κ1) is 20.4. The molecule has 1 aliphatic rings. The molecule has 5 N–H and O–H groups in total. The molecule has 0 aromatic heterocycles.